The van der Waals surface area contributed by atoms with Gasteiger partial charge < -0.3 is 14.8 Å². The topological polar surface area (TPSA) is 64.6 Å². The van der Waals surface area contributed by atoms with Gasteiger partial charge in [-0.3, -0.25) is 4.79 Å². The molecule has 25 heavy (non-hydrogen) atoms. The van der Waals surface area contributed by atoms with E-state index in [9.17, 15) is 9.59 Å². The summed E-state index contributed by atoms with van der Waals surface area (Å²) in [6.07, 6.45) is 0. The van der Waals surface area contributed by atoms with Crippen molar-refractivity contribution in [2.24, 2.45) is 0 Å². The van der Waals surface area contributed by atoms with E-state index in [4.69, 9.17) is 21.1 Å². The first kappa shape index (κ1) is 17.3. The average molecular weight is 376 g/mol. The number of hydrogen-bond donors (Lipinski definition) is 1. The zero-order valence-corrected chi connectivity index (χ0v) is 14.8. The number of amides is 1. The monoisotopic (exact) mass is 375 g/mol. The molecule has 0 aliphatic heterocycles. The van der Waals surface area contributed by atoms with Gasteiger partial charge in [0.1, 0.15) is 10.6 Å². The minimum Gasteiger partial charge on any atom is -0.484 e. The standard InChI is InChI=1S/C18H14ClNO4S/c1-23-18(22)16-9-11-8-13(4-7-15(11)25-16)20-17(21)10-24-14-5-2-12(19)3-6-14/h2-9H,10H2,1H3,(H,20,21). The van der Waals surface area contributed by atoms with E-state index in [-0.39, 0.29) is 18.5 Å². The van der Waals surface area contributed by atoms with Gasteiger partial charge in [0, 0.05) is 15.4 Å². The van der Waals surface area contributed by atoms with E-state index in [0.717, 1.165) is 10.1 Å². The quantitative estimate of drug-likeness (QED) is 0.673. The molecule has 0 aliphatic rings. The molecule has 0 radical (unpaired) electrons. The highest BCUT2D eigenvalue weighted by Gasteiger charge is 2.11. The van der Waals surface area contributed by atoms with Gasteiger partial charge in [-0.2, -0.15) is 0 Å². The zero-order chi connectivity index (χ0) is 17.8. The molecular formula is C18H14ClNO4S. The Morgan fingerprint density at radius 1 is 1.12 bits per heavy atom. The van der Waals surface area contributed by atoms with Crippen LogP contribution in [-0.2, 0) is 9.53 Å². The van der Waals surface area contributed by atoms with Crippen molar-refractivity contribution in [2.75, 3.05) is 19.0 Å². The lowest BCUT2D eigenvalue weighted by Gasteiger charge is -2.07. The number of ether oxygens (including phenoxy) is 2. The van der Waals surface area contributed by atoms with Crippen molar-refractivity contribution in [1.82, 2.24) is 0 Å². The van der Waals surface area contributed by atoms with E-state index in [1.54, 1.807) is 42.5 Å². The summed E-state index contributed by atoms with van der Waals surface area (Å²) in [7, 11) is 1.35. The van der Waals surface area contributed by atoms with Gasteiger partial charge in [-0.05, 0) is 53.9 Å². The smallest absolute Gasteiger partial charge is 0.348 e. The molecule has 3 rings (SSSR count). The Labute approximate surface area is 153 Å². The van der Waals surface area contributed by atoms with Gasteiger partial charge in [-0.1, -0.05) is 11.6 Å². The van der Waals surface area contributed by atoms with Crippen molar-refractivity contribution in [3.8, 4) is 5.75 Å². The van der Waals surface area contributed by atoms with Crippen LogP contribution in [-0.4, -0.2) is 25.6 Å². The number of methoxy groups -OCH3 is 1. The van der Waals surface area contributed by atoms with E-state index < -0.39 is 0 Å². The molecule has 5 nitrogen and oxygen atoms in total. The SMILES string of the molecule is COC(=O)c1cc2cc(NC(=O)COc3ccc(Cl)cc3)ccc2s1. The Hall–Kier alpha value is -2.57. The minimum atomic E-state index is -0.372. The van der Waals surface area contributed by atoms with Crippen LogP contribution in [0.15, 0.2) is 48.5 Å². The van der Waals surface area contributed by atoms with Crippen molar-refractivity contribution in [3.05, 3.63) is 58.4 Å². The average Bonchev–Trinajstić information content (AvgIpc) is 3.04. The number of fused-ring (bicyclic) bond motifs is 1. The molecule has 0 aliphatic carbocycles. The van der Waals surface area contributed by atoms with Gasteiger partial charge in [0.15, 0.2) is 6.61 Å². The maximum Gasteiger partial charge on any atom is 0.348 e. The summed E-state index contributed by atoms with van der Waals surface area (Å²) >= 11 is 7.14. The second-order valence-electron chi connectivity index (χ2n) is 5.15. The Morgan fingerprint density at radius 2 is 1.88 bits per heavy atom. The van der Waals surface area contributed by atoms with Crippen LogP contribution >= 0.6 is 22.9 Å². The number of nitrogens with one attached hydrogen (secondary N) is 1. The van der Waals surface area contributed by atoms with Gasteiger partial charge in [0.05, 0.1) is 7.11 Å². The molecule has 0 atom stereocenters. The van der Waals surface area contributed by atoms with Crippen LogP contribution in [0.4, 0.5) is 5.69 Å². The molecule has 0 bridgehead atoms. The number of halogens is 1. The van der Waals surface area contributed by atoms with Crippen molar-refractivity contribution >= 4 is 50.6 Å². The van der Waals surface area contributed by atoms with Crippen LogP contribution in [0.1, 0.15) is 9.67 Å². The van der Waals surface area contributed by atoms with E-state index in [0.29, 0.717) is 21.3 Å². The van der Waals surface area contributed by atoms with Gasteiger partial charge >= 0.3 is 5.97 Å². The maximum atomic E-state index is 12.0. The molecule has 0 saturated carbocycles. The number of rotatable bonds is 5. The zero-order valence-electron chi connectivity index (χ0n) is 13.2. The Kier molecular flexibility index (Phi) is 5.21. The van der Waals surface area contributed by atoms with Gasteiger partial charge in [-0.25, -0.2) is 4.79 Å². The molecule has 0 unspecified atom stereocenters. The van der Waals surface area contributed by atoms with Gasteiger partial charge in [0.25, 0.3) is 5.91 Å². The molecule has 7 heteroatoms. The Morgan fingerprint density at radius 3 is 2.60 bits per heavy atom. The molecule has 1 heterocycles. The molecule has 128 valence electrons. The van der Waals surface area contributed by atoms with Crippen molar-refractivity contribution < 1.29 is 19.1 Å². The fourth-order valence-corrected chi connectivity index (χ4v) is 3.29. The molecule has 0 spiro atoms. The Bertz CT molecular complexity index is 920. The summed E-state index contributed by atoms with van der Waals surface area (Å²) in [6, 6.07) is 13.9. The third-order valence-electron chi connectivity index (χ3n) is 3.37. The molecular weight excluding hydrogens is 362 g/mol. The van der Waals surface area contributed by atoms with E-state index in [2.05, 4.69) is 5.32 Å². The number of anilines is 1. The molecule has 1 N–H and O–H groups in total. The number of esters is 1. The van der Waals surface area contributed by atoms with Crippen LogP contribution in [0.25, 0.3) is 10.1 Å². The maximum absolute atomic E-state index is 12.0. The lowest BCUT2D eigenvalue weighted by Crippen LogP contribution is -2.20. The third-order valence-corrected chi connectivity index (χ3v) is 4.72. The first-order valence-electron chi connectivity index (χ1n) is 7.35. The third kappa shape index (κ3) is 4.29. The van der Waals surface area contributed by atoms with Crippen molar-refractivity contribution in [3.63, 3.8) is 0 Å². The predicted molar refractivity (Wildman–Crippen MR) is 98.7 cm³/mol. The highest BCUT2D eigenvalue weighted by atomic mass is 35.5. The van der Waals surface area contributed by atoms with E-state index in [1.807, 2.05) is 6.07 Å². The number of carbonyl (C=O) groups is 2. The summed E-state index contributed by atoms with van der Waals surface area (Å²) in [5, 5.41) is 4.23. The molecule has 3 aromatic rings. The largest absolute Gasteiger partial charge is 0.484 e. The normalized spacial score (nSPS) is 10.5. The minimum absolute atomic E-state index is 0.114. The Balaban J connectivity index is 1.64. The summed E-state index contributed by atoms with van der Waals surface area (Å²) in [6.45, 7) is -0.114. The van der Waals surface area contributed by atoms with Crippen LogP contribution in [0.5, 0.6) is 5.75 Å². The highest BCUT2D eigenvalue weighted by molar-refractivity contribution is 7.20. The number of benzene rings is 2. The molecule has 0 fully saturated rings. The molecule has 2 aromatic carbocycles. The van der Waals surface area contributed by atoms with Crippen molar-refractivity contribution in [1.29, 1.82) is 0 Å². The summed E-state index contributed by atoms with van der Waals surface area (Å²) in [5.74, 6) is -0.0866. The predicted octanol–water partition coefficient (Wildman–Crippen LogP) is 4.36. The lowest BCUT2D eigenvalue weighted by atomic mass is 10.2. The number of carbonyl (C=O) groups excluding carboxylic acids is 2. The fourth-order valence-electron chi connectivity index (χ4n) is 2.20. The van der Waals surface area contributed by atoms with E-state index in [1.165, 1.54) is 18.4 Å². The van der Waals surface area contributed by atoms with Crippen LogP contribution in [0.2, 0.25) is 5.02 Å². The van der Waals surface area contributed by atoms with E-state index >= 15 is 0 Å². The van der Waals surface area contributed by atoms with Gasteiger partial charge in [-0.15, -0.1) is 11.3 Å². The first-order valence-corrected chi connectivity index (χ1v) is 8.55. The summed E-state index contributed by atoms with van der Waals surface area (Å²) in [4.78, 5) is 24.1. The lowest BCUT2D eigenvalue weighted by molar-refractivity contribution is -0.118. The van der Waals surface area contributed by atoms with Crippen LogP contribution in [0, 0.1) is 0 Å². The van der Waals surface area contributed by atoms with Crippen LogP contribution < -0.4 is 10.1 Å². The fraction of sp³-hybridized carbons (Fsp3) is 0.111. The highest BCUT2D eigenvalue weighted by Crippen LogP contribution is 2.28. The summed E-state index contributed by atoms with van der Waals surface area (Å²) in [5.41, 5.74) is 0.631. The number of thiophene rings is 1. The second kappa shape index (κ2) is 7.55. The molecule has 1 aromatic heterocycles. The molecule has 0 saturated heterocycles. The number of hydrogen-bond acceptors (Lipinski definition) is 5. The first-order chi connectivity index (χ1) is 12.0. The van der Waals surface area contributed by atoms with Gasteiger partial charge in [0.2, 0.25) is 0 Å². The van der Waals surface area contributed by atoms with Crippen molar-refractivity contribution in [2.45, 2.75) is 0 Å². The second-order valence-corrected chi connectivity index (χ2v) is 6.67. The van der Waals surface area contributed by atoms with Crippen LogP contribution in [0.3, 0.4) is 0 Å². The summed E-state index contributed by atoms with van der Waals surface area (Å²) < 4.78 is 11.1. The molecule has 1 amide bonds.